The lowest BCUT2D eigenvalue weighted by molar-refractivity contribution is -0.147. The van der Waals surface area contributed by atoms with Crippen LogP contribution in [0.5, 0.6) is 11.5 Å². The first-order chi connectivity index (χ1) is 9.10. The quantitative estimate of drug-likeness (QED) is 0.855. The SMILES string of the molecule is CCCOc1ccc(OC2CC(O)C2(C)CC)cc1. The Morgan fingerprint density at radius 1 is 1.21 bits per heavy atom. The van der Waals surface area contributed by atoms with E-state index >= 15 is 0 Å². The number of hydrogen-bond donors (Lipinski definition) is 1. The van der Waals surface area contributed by atoms with E-state index in [0.29, 0.717) is 0 Å². The average Bonchev–Trinajstić information content (AvgIpc) is 2.45. The molecule has 0 bridgehead atoms. The molecule has 3 atom stereocenters. The number of aliphatic hydroxyl groups excluding tert-OH is 1. The maximum Gasteiger partial charge on any atom is 0.120 e. The Bertz CT molecular complexity index is 401. The molecule has 0 radical (unpaired) electrons. The van der Waals surface area contributed by atoms with Crippen molar-refractivity contribution >= 4 is 0 Å². The van der Waals surface area contributed by atoms with Gasteiger partial charge in [0.1, 0.15) is 17.6 Å². The van der Waals surface area contributed by atoms with E-state index in [-0.39, 0.29) is 17.6 Å². The van der Waals surface area contributed by atoms with Crippen LogP contribution in [0.3, 0.4) is 0 Å². The maximum absolute atomic E-state index is 9.86. The molecule has 3 unspecified atom stereocenters. The maximum atomic E-state index is 9.86. The van der Waals surface area contributed by atoms with Gasteiger partial charge in [0.15, 0.2) is 0 Å². The lowest BCUT2D eigenvalue weighted by Crippen LogP contribution is -2.57. The zero-order valence-corrected chi connectivity index (χ0v) is 12.1. The summed E-state index contributed by atoms with van der Waals surface area (Å²) in [6.07, 6.45) is 2.52. The van der Waals surface area contributed by atoms with Crippen molar-refractivity contribution in [3.8, 4) is 11.5 Å². The highest BCUT2D eigenvalue weighted by Crippen LogP contribution is 2.46. The Morgan fingerprint density at radius 3 is 2.37 bits per heavy atom. The number of hydrogen-bond acceptors (Lipinski definition) is 3. The molecule has 0 aliphatic heterocycles. The summed E-state index contributed by atoms with van der Waals surface area (Å²) in [5.74, 6) is 1.72. The molecule has 1 aromatic rings. The largest absolute Gasteiger partial charge is 0.494 e. The molecule has 106 valence electrons. The number of rotatable bonds is 6. The lowest BCUT2D eigenvalue weighted by atomic mass is 9.63. The van der Waals surface area contributed by atoms with Crippen LogP contribution in [-0.4, -0.2) is 23.9 Å². The molecule has 1 aliphatic rings. The van der Waals surface area contributed by atoms with Gasteiger partial charge in [-0.1, -0.05) is 20.8 Å². The fraction of sp³-hybridized carbons (Fsp3) is 0.625. The van der Waals surface area contributed by atoms with Crippen molar-refractivity contribution in [3.63, 3.8) is 0 Å². The number of benzene rings is 1. The van der Waals surface area contributed by atoms with Gasteiger partial charge in [0.2, 0.25) is 0 Å². The normalized spacial score (nSPS) is 29.7. The molecule has 1 fully saturated rings. The number of ether oxygens (including phenoxy) is 2. The van der Waals surface area contributed by atoms with Crippen LogP contribution in [0, 0.1) is 5.41 Å². The van der Waals surface area contributed by atoms with Crippen LogP contribution in [0.15, 0.2) is 24.3 Å². The summed E-state index contributed by atoms with van der Waals surface area (Å²) in [5, 5.41) is 9.86. The van der Waals surface area contributed by atoms with Crippen molar-refractivity contribution in [2.75, 3.05) is 6.61 Å². The first kappa shape index (κ1) is 14.2. The third-order valence-corrected chi connectivity index (χ3v) is 4.27. The molecule has 1 aliphatic carbocycles. The van der Waals surface area contributed by atoms with Gasteiger partial charge in [-0.15, -0.1) is 0 Å². The first-order valence-corrected chi connectivity index (χ1v) is 7.17. The third-order valence-electron chi connectivity index (χ3n) is 4.27. The second kappa shape index (κ2) is 5.83. The van der Waals surface area contributed by atoms with Gasteiger partial charge in [0, 0.05) is 11.8 Å². The van der Waals surface area contributed by atoms with E-state index in [1.54, 1.807) is 0 Å². The van der Waals surface area contributed by atoms with E-state index in [0.717, 1.165) is 37.4 Å². The highest BCUT2D eigenvalue weighted by atomic mass is 16.5. The van der Waals surface area contributed by atoms with Crippen molar-refractivity contribution in [2.45, 2.75) is 52.2 Å². The Balaban J connectivity index is 1.93. The van der Waals surface area contributed by atoms with E-state index < -0.39 is 0 Å². The lowest BCUT2D eigenvalue weighted by Gasteiger charge is -2.50. The van der Waals surface area contributed by atoms with Crippen molar-refractivity contribution in [1.29, 1.82) is 0 Å². The monoisotopic (exact) mass is 264 g/mol. The summed E-state index contributed by atoms with van der Waals surface area (Å²) in [6, 6.07) is 7.74. The molecule has 1 saturated carbocycles. The minimum Gasteiger partial charge on any atom is -0.494 e. The summed E-state index contributed by atoms with van der Waals surface area (Å²) in [4.78, 5) is 0. The predicted octanol–water partition coefficient (Wildman–Crippen LogP) is 3.40. The molecule has 1 aromatic carbocycles. The van der Waals surface area contributed by atoms with Crippen LogP contribution in [0.25, 0.3) is 0 Å². The topological polar surface area (TPSA) is 38.7 Å². The summed E-state index contributed by atoms with van der Waals surface area (Å²) in [6.45, 7) is 7.01. The summed E-state index contributed by atoms with van der Waals surface area (Å²) < 4.78 is 11.5. The van der Waals surface area contributed by atoms with Crippen molar-refractivity contribution in [1.82, 2.24) is 0 Å². The summed E-state index contributed by atoms with van der Waals surface area (Å²) in [7, 11) is 0. The van der Waals surface area contributed by atoms with E-state index in [4.69, 9.17) is 9.47 Å². The molecular formula is C16H24O3. The molecule has 0 amide bonds. The molecule has 3 nitrogen and oxygen atoms in total. The van der Waals surface area contributed by atoms with Crippen LogP contribution in [0.4, 0.5) is 0 Å². The fourth-order valence-corrected chi connectivity index (χ4v) is 2.44. The van der Waals surface area contributed by atoms with Gasteiger partial charge in [-0.05, 0) is 37.1 Å². The van der Waals surface area contributed by atoms with E-state index in [1.165, 1.54) is 0 Å². The smallest absolute Gasteiger partial charge is 0.120 e. The second-order valence-corrected chi connectivity index (χ2v) is 5.54. The predicted molar refractivity (Wildman–Crippen MR) is 75.7 cm³/mol. The highest BCUT2D eigenvalue weighted by Gasteiger charge is 2.51. The van der Waals surface area contributed by atoms with Crippen LogP contribution < -0.4 is 9.47 Å². The van der Waals surface area contributed by atoms with E-state index in [2.05, 4.69) is 20.8 Å². The molecule has 0 aromatic heterocycles. The Morgan fingerprint density at radius 2 is 1.84 bits per heavy atom. The summed E-state index contributed by atoms with van der Waals surface area (Å²) >= 11 is 0. The van der Waals surface area contributed by atoms with Crippen LogP contribution in [-0.2, 0) is 0 Å². The van der Waals surface area contributed by atoms with Crippen molar-refractivity contribution in [3.05, 3.63) is 24.3 Å². The van der Waals surface area contributed by atoms with Gasteiger partial charge < -0.3 is 14.6 Å². The molecule has 3 heteroatoms. The van der Waals surface area contributed by atoms with Crippen LogP contribution in [0.1, 0.15) is 40.0 Å². The number of aliphatic hydroxyl groups is 1. The van der Waals surface area contributed by atoms with Crippen molar-refractivity contribution in [2.24, 2.45) is 5.41 Å². The Hall–Kier alpha value is -1.22. The van der Waals surface area contributed by atoms with Crippen LogP contribution in [0.2, 0.25) is 0 Å². The molecule has 1 N–H and O–H groups in total. The zero-order chi connectivity index (χ0) is 13.9. The Kier molecular flexibility index (Phi) is 4.35. The first-order valence-electron chi connectivity index (χ1n) is 7.17. The zero-order valence-electron chi connectivity index (χ0n) is 12.1. The third kappa shape index (κ3) is 2.86. The minimum atomic E-state index is -0.241. The van der Waals surface area contributed by atoms with Gasteiger partial charge in [-0.25, -0.2) is 0 Å². The van der Waals surface area contributed by atoms with Gasteiger partial charge in [0.25, 0.3) is 0 Å². The molecule has 2 rings (SSSR count). The van der Waals surface area contributed by atoms with E-state index in [9.17, 15) is 5.11 Å². The minimum absolute atomic E-state index is 0.106. The molecule has 0 saturated heterocycles. The summed E-state index contributed by atoms with van der Waals surface area (Å²) in [5.41, 5.74) is -0.114. The van der Waals surface area contributed by atoms with Gasteiger partial charge in [-0.2, -0.15) is 0 Å². The second-order valence-electron chi connectivity index (χ2n) is 5.54. The van der Waals surface area contributed by atoms with Gasteiger partial charge in [0.05, 0.1) is 12.7 Å². The van der Waals surface area contributed by atoms with Crippen LogP contribution >= 0.6 is 0 Å². The molecular weight excluding hydrogens is 240 g/mol. The standard InChI is InChI=1S/C16H24O3/c1-4-10-18-12-6-8-13(9-7-12)19-15-11-14(17)16(15,3)5-2/h6-9,14-15,17H,4-5,10-11H2,1-3H3. The Labute approximate surface area is 115 Å². The highest BCUT2D eigenvalue weighted by molar-refractivity contribution is 5.31. The molecule has 0 spiro atoms. The van der Waals surface area contributed by atoms with Crippen molar-refractivity contribution < 1.29 is 14.6 Å². The fourth-order valence-electron chi connectivity index (χ4n) is 2.44. The molecule has 0 heterocycles. The molecule has 19 heavy (non-hydrogen) atoms. The van der Waals surface area contributed by atoms with E-state index in [1.807, 2.05) is 24.3 Å². The van der Waals surface area contributed by atoms with Gasteiger partial charge in [-0.3, -0.25) is 0 Å². The van der Waals surface area contributed by atoms with Gasteiger partial charge >= 0.3 is 0 Å². The average molecular weight is 264 g/mol.